The lowest BCUT2D eigenvalue weighted by atomic mass is 9.92. The molecular formula is C19H25N3O2. The Kier molecular flexibility index (Phi) is 5.97. The molecule has 0 unspecified atom stereocenters. The predicted octanol–water partition coefficient (Wildman–Crippen LogP) is 2.23. The van der Waals surface area contributed by atoms with Gasteiger partial charge in [-0.1, -0.05) is 44.2 Å². The summed E-state index contributed by atoms with van der Waals surface area (Å²) in [5.74, 6) is -0.0497. The Labute approximate surface area is 143 Å². The molecule has 1 aliphatic heterocycles. The molecule has 1 aromatic carbocycles. The summed E-state index contributed by atoms with van der Waals surface area (Å²) in [5, 5.41) is 8.75. The quantitative estimate of drug-likeness (QED) is 0.833. The van der Waals surface area contributed by atoms with Crippen molar-refractivity contribution in [3.63, 3.8) is 0 Å². The highest BCUT2D eigenvalue weighted by atomic mass is 16.2. The summed E-state index contributed by atoms with van der Waals surface area (Å²) in [6.45, 7) is 5.81. The van der Waals surface area contributed by atoms with E-state index in [9.17, 15) is 9.59 Å². The number of benzene rings is 1. The Hall–Kier alpha value is -2.35. The first-order chi connectivity index (χ1) is 11.4. The first-order valence-electron chi connectivity index (χ1n) is 8.38. The number of hydrogen-bond acceptors (Lipinski definition) is 3. The fourth-order valence-corrected chi connectivity index (χ4v) is 3.11. The van der Waals surface area contributed by atoms with Gasteiger partial charge in [-0.3, -0.25) is 9.59 Å². The molecule has 0 aromatic heterocycles. The van der Waals surface area contributed by atoms with Crippen LogP contribution in [0.1, 0.15) is 32.3 Å². The smallest absolute Gasteiger partial charge is 0.242 e. The Morgan fingerprint density at radius 1 is 1.25 bits per heavy atom. The minimum Gasteiger partial charge on any atom is -0.340 e. The molecule has 24 heavy (non-hydrogen) atoms. The van der Waals surface area contributed by atoms with E-state index < -0.39 is 0 Å². The van der Waals surface area contributed by atoms with Crippen molar-refractivity contribution < 1.29 is 9.59 Å². The Bertz CT molecular complexity index is 619. The predicted molar refractivity (Wildman–Crippen MR) is 91.9 cm³/mol. The van der Waals surface area contributed by atoms with E-state index in [-0.39, 0.29) is 23.8 Å². The molecule has 0 radical (unpaired) electrons. The van der Waals surface area contributed by atoms with Crippen molar-refractivity contribution in [2.45, 2.75) is 33.1 Å². The van der Waals surface area contributed by atoms with E-state index >= 15 is 0 Å². The molecule has 5 nitrogen and oxygen atoms in total. The SMILES string of the molecule is CC1(C)CN(CCC#N)C(=O)CN(C(=O)CCc2ccccc2)C1. The molecule has 1 heterocycles. The molecule has 2 amide bonds. The first kappa shape index (κ1) is 18.0. The lowest BCUT2D eigenvalue weighted by Gasteiger charge is -2.30. The number of amides is 2. The Morgan fingerprint density at radius 2 is 1.96 bits per heavy atom. The Balaban J connectivity index is 2.00. The standard InChI is InChI=1S/C19H25N3O2/c1-19(2)14-21(12-6-11-20)18(24)13-22(15-19)17(23)10-9-16-7-4-3-5-8-16/h3-5,7-8H,6,9-10,12-15H2,1-2H3. The molecule has 0 aliphatic carbocycles. The van der Waals surface area contributed by atoms with Gasteiger partial charge in [0.1, 0.15) is 0 Å². The molecule has 1 aliphatic rings. The van der Waals surface area contributed by atoms with Crippen LogP contribution in [0.25, 0.3) is 0 Å². The minimum atomic E-state index is -0.177. The van der Waals surface area contributed by atoms with E-state index in [0.717, 1.165) is 5.56 Å². The average molecular weight is 327 g/mol. The van der Waals surface area contributed by atoms with E-state index in [4.69, 9.17) is 5.26 Å². The molecule has 5 heteroatoms. The van der Waals surface area contributed by atoms with Gasteiger partial charge >= 0.3 is 0 Å². The van der Waals surface area contributed by atoms with Crippen molar-refractivity contribution in [2.75, 3.05) is 26.2 Å². The zero-order valence-corrected chi connectivity index (χ0v) is 14.5. The van der Waals surface area contributed by atoms with Crippen LogP contribution in [0.5, 0.6) is 0 Å². The fourth-order valence-electron chi connectivity index (χ4n) is 3.11. The maximum Gasteiger partial charge on any atom is 0.242 e. The summed E-state index contributed by atoms with van der Waals surface area (Å²) in [5.41, 5.74) is 0.950. The number of carbonyl (C=O) groups excluding carboxylic acids is 2. The van der Waals surface area contributed by atoms with E-state index in [1.165, 1.54) is 0 Å². The van der Waals surface area contributed by atoms with Gasteiger partial charge in [0.25, 0.3) is 0 Å². The summed E-state index contributed by atoms with van der Waals surface area (Å²) in [6, 6.07) is 12.0. The van der Waals surface area contributed by atoms with Gasteiger partial charge < -0.3 is 9.80 Å². The second kappa shape index (κ2) is 7.96. The van der Waals surface area contributed by atoms with Crippen molar-refractivity contribution in [3.8, 4) is 6.07 Å². The van der Waals surface area contributed by atoms with E-state index in [1.807, 2.05) is 30.3 Å². The van der Waals surface area contributed by atoms with E-state index in [2.05, 4.69) is 19.9 Å². The molecule has 1 aromatic rings. The number of aryl methyl sites for hydroxylation is 1. The molecule has 1 saturated heterocycles. The highest BCUT2D eigenvalue weighted by Crippen LogP contribution is 2.23. The van der Waals surface area contributed by atoms with Crippen LogP contribution in [0.4, 0.5) is 0 Å². The summed E-state index contributed by atoms with van der Waals surface area (Å²) in [6.07, 6.45) is 1.41. The molecule has 128 valence electrons. The van der Waals surface area contributed by atoms with Crippen molar-refractivity contribution in [1.29, 1.82) is 5.26 Å². The van der Waals surface area contributed by atoms with Crippen LogP contribution in [0.3, 0.4) is 0 Å². The van der Waals surface area contributed by atoms with E-state index in [0.29, 0.717) is 38.9 Å². The zero-order chi connectivity index (χ0) is 17.6. The molecule has 1 fully saturated rings. The second-order valence-corrected chi connectivity index (χ2v) is 7.12. The van der Waals surface area contributed by atoms with Gasteiger partial charge in [0.05, 0.1) is 19.0 Å². The minimum absolute atomic E-state index is 0.0161. The van der Waals surface area contributed by atoms with Crippen LogP contribution in [0, 0.1) is 16.7 Å². The fraction of sp³-hybridized carbons (Fsp3) is 0.526. The topological polar surface area (TPSA) is 64.4 Å². The summed E-state index contributed by atoms with van der Waals surface area (Å²) >= 11 is 0. The third kappa shape index (κ3) is 5.09. The molecular weight excluding hydrogens is 302 g/mol. The van der Waals surface area contributed by atoms with Gasteiger partial charge in [-0.15, -0.1) is 0 Å². The van der Waals surface area contributed by atoms with Gasteiger partial charge in [-0.05, 0) is 17.4 Å². The van der Waals surface area contributed by atoms with Crippen LogP contribution in [0.2, 0.25) is 0 Å². The molecule has 0 N–H and O–H groups in total. The maximum absolute atomic E-state index is 12.6. The van der Waals surface area contributed by atoms with Gasteiger partial charge in [0, 0.05) is 26.1 Å². The normalized spacial score (nSPS) is 17.3. The lowest BCUT2D eigenvalue weighted by molar-refractivity contribution is -0.138. The van der Waals surface area contributed by atoms with Crippen LogP contribution in [-0.2, 0) is 16.0 Å². The monoisotopic (exact) mass is 327 g/mol. The highest BCUT2D eigenvalue weighted by Gasteiger charge is 2.34. The van der Waals surface area contributed by atoms with Crippen molar-refractivity contribution in [1.82, 2.24) is 9.80 Å². The summed E-state index contributed by atoms with van der Waals surface area (Å²) in [7, 11) is 0. The second-order valence-electron chi connectivity index (χ2n) is 7.12. The summed E-state index contributed by atoms with van der Waals surface area (Å²) < 4.78 is 0. The van der Waals surface area contributed by atoms with Gasteiger partial charge in [-0.25, -0.2) is 0 Å². The maximum atomic E-state index is 12.6. The van der Waals surface area contributed by atoms with Gasteiger partial charge in [0.2, 0.25) is 11.8 Å². The highest BCUT2D eigenvalue weighted by molar-refractivity contribution is 5.85. The van der Waals surface area contributed by atoms with Crippen molar-refractivity contribution in [3.05, 3.63) is 35.9 Å². The molecule has 2 rings (SSSR count). The van der Waals surface area contributed by atoms with Crippen molar-refractivity contribution >= 4 is 11.8 Å². The number of carbonyl (C=O) groups is 2. The van der Waals surface area contributed by atoms with Crippen molar-refractivity contribution in [2.24, 2.45) is 5.41 Å². The molecule has 0 bridgehead atoms. The zero-order valence-electron chi connectivity index (χ0n) is 14.5. The summed E-state index contributed by atoms with van der Waals surface area (Å²) in [4.78, 5) is 28.4. The van der Waals surface area contributed by atoms with Crippen LogP contribution >= 0.6 is 0 Å². The Morgan fingerprint density at radius 3 is 2.62 bits per heavy atom. The molecule has 0 saturated carbocycles. The third-order valence-corrected chi connectivity index (χ3v) is 4.23. The third-order valence-electron chi connectivity index (χ3n) is 4.23. The lowest BCUT2D eigenvalue weighted by Crippen LogP contribution is -2.40. The van der Waals surface area contributed by atoms with Crippen LogP contribution in [-0.4, -0.2) is 47.8 Å². The van der Waals surface area contributed by atoms with Crippen LogP contribution < -0.4 is 0 Å². The molecule has 0 spiro atoms. The molecule has 0 atom stereocenters. The van der Waals surface area contributed by atoms with E-state index in [1.54, 1.807) is 9.80 Å². The number of nitriles is 1. The average Bonchev–Trinajstić information content (AvgIpc) is 2.67. The number of hydrogen-bond donors (Lipinski definition) is 0. The number of nitrogens with zero attached hydrogens (tertiary/aromatic N) is 3. The first-order valence-corrected chi connectivity index (χ1v) is 8.38. The largest absolute Gasteiger partial charge is 0.340 e. The van der Waals surface area contributed by atoms with Crippen LogP contribution in [0.15, 0.2) is 30.3 Å². The number of rotatable bonds is 5. The van der Waals surface area contributed by atoms with Gasteiger partial charge in [0.15, 0.2) is 0 Å². The van der Waals surface area contributed by atoms with Gasteiger partial charge in [-0.2, -0.15) is 5.26 Å².